The number of rotatable bonds is 5. The highest BCUT2D eigenvalue weighted by Gasteiger charge is 2.07. The third-order valence-corrected chi connectivity index (χ3v) is 4.52. The molecule has 0 aliphatic rings. The average molecular weight is 340 g/mol. The maximum atomic E-state index is 12.1. The van der Waals surface area contributed by atoms with Crippen LogP contribution in [0.1, 0.15) is 23.7 Å². The summed E-state index contributed by atoms with van der Waals surface area (Å²) in [5.41, 5.74) is 4.70. The number of nitrogens with zero attached hydrogens (tertiary/aromatic N) is 3. The van der Waals surface area contributed by atoms with Crippen LogP contribution in [0.5, 0.6) is 0 Å². The maximum absolute atomic E-state index is 12.1. The van der Waals surface area contributed by atoms with Crippen LogP contribution < -0.4 is 10.3 Å². The molecule has 0 unspecified atom stereocenters. The Labute approximate surface area is 142 Å². The summed E-state index contributed by atoms with van der Waals surface area (Å²) in [6.45, 7) is 2.36. The molecule has 7 heteroatoms. The maximum Gasteiger partial charge on any atom is 0.308 e. The van der Waals surface area contributed by atoms with Gasteiger partial charge in [0, 0.05) is 36.6 Å². The number of hydrogen-bond acceptors (Lipinski definition) is 5. The second kappa shape index (κ2) is 7.18. The van der Waals surface area contributed by atoms with E-state index in [1.807, 2.05) is 31.2 Å². The van der Waals surface area contributed by atoms with E-state index < -0.39 is 0 Å². The van der Waals surface area contributed by atoms with Crippen LogP contribution in [-0.2, 0) is 6.54 Å². The zero-order valence-electron chi connectivity index (χ0n) is 13.1. The molecule has 1 amide bonds. The minimum absolute atomic E-state index is 0.0184. The van der Waals surface area contributed by atoms with E-state index in [9.17, 15) is 9.59 Å². The lowest BCUT2D eigenvalue weighted by Crippen LogP contribution is -2.20. The molecule has 6 nitrogen and oxygen atoms in total. The van der Waals surface area contributed by atoms with E-state index in [4.69, 9.17) is 0 Å². The Kier molecular flexibility index (Phi) is 4.81. The predicted octanol–water partition coefficient (Wildman–Crippen LogP) is 2.65. The summed E-state index contributed by atoms with van der Waals surface area (Å²) in [6.07, 6.45) is 3.69. The van der Waals surface area contributed by atoms with Gasteiger partial charge in [-0.25, -0.2) is 5.43 Å². The van der Waals surface area contributed by atoms with Gasteiger partial charge < -0.3 is 0 Å². The number of fused-ring (bicyclic) bond motifs is 1. The van der Waals surface area contributed by atoms with Crippen LogP contribution in [0, 0.1) is 0 Å². The molecule has 0 aliphatic carbocycles. The summed E-state index contributed by atoms with van der Waals surface area (Å²) in [5, 5.41) is 4.09. The van der Waals surface area contributed by atoms with Crippen molar-refractivity contribution in [1.82, 2.24) is 15.0 Å². The third kappa shape index (κ3) is 3.57. The van der Waals surface area contributed by atoms with Gasteiger partial charge in [-0.2, -0.15) is 5.10 Å². The number of hydrazone groups is 1. The third-order valence-electron chi connectivity index (χ3n) is 3.56. The molecular formula is C17H16N4O2S. The van der Waals surface area contributed by atoms with Crippen LogP contribution in [0.4, 0.5) is 0 Å². The van der Waals surface area contributed by atoms with E-state index in [1.165, 1.54) is 11.3 Å². The number of thiazole rings is 1. The molecule has 0 aliphatic heterocycles. The molecular weight excluding hydrogens is 324 g/mol. The Morgan fingerprint density at radius 2 is 2.00 bits per heavy atom. The van der Waals surface area contributed by atoms with Crippen molar-refractivity contribution in [2.45, 2.75) is 19.9 Å². The zero-order chi connectivity index (χ0) is 16.9. The quantitative estimate of drug-likeness (QED) is 0.573. The smallest absolute Gasteiger partial charge is 0.298 e. The molecule has 1 aromatic carbocycles. The molecule has 0 atom stereocenters. The first-order chi connectivity index (χ1) is 11.6. The summed E-state index contributed by atoms with van der Waals surface area (Å²) in [7, 11) is 0. The standard InChI is InChI=1S/C17H16N4O2S/c1-12(19-20-16(22)13-6-9-18-10-7-13)8-11-21-14-4-2-3-5-15(14)24-17(21)23/h2-7,9-10H,8,11H2,1H3,(H,20,22)/b19-12-. The molecule has 3 aromatic rings. The molecule has 2 heterocycles. The number of carbonyl (C=O) groups is 1. The van der Waals surface area contributed by atoms with Crippen molar-refractivity contribution in [3.8, 4) is 0 Å². The van der Waals surface area contributed by atoms with Crippen LogP contribution in [0.3, 0.4) is 0 Å². The molecule has 0 saturated heterocycles. The first-order valence-electron chi connectivity index (χ1n) is 7.47. The lowest BCUT2D eigenvalue weighted by molar-refractivity contribution is 0.0954. The van der Waals surface area contributed by atoms with Crippen molar-refractivity contribution < 1.29 is 4.79 Å². The van der Waals surface area contributed by atoms with E-state index >= 15 is 0 Å². The minimum atomic E-state index is -0.282. The first-order valence-corrected chi connectivity index (χ1v) is 8.28. The fraction of sp³-hybridized carbons (Fsp3) is 0.176. The van der Waals surface area contributed by atoms with Gasteiger partial charge in [0.05, 0.1) is 10.2 Å². The second-order valence-corrected chi connectivity index (χ2v) is 6.25. The summed E-state index contributed by atoms with van der Waals surface area (Å²) < 4.78 is 2.71. The molecule has 0 spiro atoms. The monoisotopic (exact) mass is 340 g/mol. The van der Waals surface area contributed by atoms with E-state index in [-0.39, 0.29) is 10.8 Å². The SMILES string of the molecule is C/C(CCn1c(=O)sc2ccccc21)=N/NC(=O)c1ccncc1. The summed E-state index contributed by atoms with van der Waals surface area (Å²) >= 11 is 1.24. The minimum Gasteiger partial charge on any atom is -0.298 e. The molecule has 0 saturated carbocycles. The number of para-hydroxylation sites is 1. The van der Waals surface area contributed by atoms with E-state index in [1.54, 1.807) is 29.1 Å². The van der Waals surface area contributed by atoms with E-state index in [2.05, 4.69) is 15.5 Å². The molecule has 3 rings (SSSR count). The second-order valence-electron chi connectivity index (χ2n) is 5.26. The van der Waals surface area contributed by atoms with Crippen molar-refractivity contribution in [1.29, 1.82) is 0 Å². The van der Waals surface area contributed by atoms with Gasteiger partial charge >= 0.3 is 4.87 Å². The Morgan fingerprint density at radius 3 is 2.79 bits per heavy atom. The highest BCUT2D eigenvalue weighted by atomic mass is 32.1. The van der Waals surface area contributed by atoms with E-state index in [0.29, 0.717) is 18.5 Å². The lowest BCUT2D eigenvalue weighted by atomic mass is 10.2. The Hall–Kier alpha value is -2.80. The van der Waals surface area contributed by atoms with Gasteiger partial charge in [0.1, 0.15) is 0 Å². The highest BCUT2D eigenvalue weighted by molar-refractivity contribution is 7.16. The van der Waals surface area contributed by atoms with Gasteiger partial charge in [0.25, 0.3) is 5.91 Å². The molecule has 0 bridgehead atoms. The number of nitrogens with one attached hydrogen (secondary N) is 1. The number of aromatic nitrogens is 2. The molecule has 1 N–H and O–H groups in total. The Balaban J connectivity index is 1.64. The largest absolute Gasteiger partial charge is 0.308 e. The predicted molar refractivity (Wildman–Crippen MR) is 95.5 cm³/mol. The van der Waals surface area contributed by atoms with Gasteiger partial charge in [0.2, 0.25) is 0 Å². The molecule has 24 heavy (non-hydrogen) atoms. The van der Waals surface area contributed by atoms with Crippen molar-refractivity contribution in [3.63, 3.8) is 0 Å². The number of amides is 1. The molecule has 122 valence electrons. The number of hydrogen-bond donors (Lipinski definition) is 1. The topological polar surface area (TPSA) is 76.3 Å². The lowest BCUT2D eigenvalue weighted by Gasteiger charge is -2.05. The van der Waals surface area contributed by atoms with Gasteiger partial charge in [0.15, 0.2) is 0 Å². The fourth-order valence-corrected chi connectivity index (χ4v) is 3.19. The van der Waals surface area contributed by atoms with Crippen molar-refractivity contribution in [2.24, 2.45) is 5.10 Å². The van der Waals surface area contributed by atoms with Crippen LogP contribution in [0.15, 0.2) is 58.7 Å². The van der Waals surface area contributed by atoms with Crippen molar-refractivity contribution in [2.75, 3.05) is 0 Å². The fourth-order valence-electron chi connectivity index (χ4n) is 2.27. The van der Waals surface area contributed by atoms with Crippen LogP contribution in [-0.4, -0.2) is 21.2 Å². The van der Waals surface area contributed by atoms with Crippen molar-refractivity contribution in [3.05, 3.63) is 64.0 Å². The van der Waals surface area contributed by atoms with Gasteiger partial charge in [-0.1, -0.05) is 23.5 Å². The van der Waals surface area contributed by atoms with Crippen LogP contribution in [0.2, 0.25) is 0 Å². The summed E-state index contributed by atoms with van der Waals surface area (Å²) in [4.78, 5) is 27.9. The molecule has 2 aromatic heterocycles. The van der Waals surface area contributed by atoms with Gasteiger partial charge in [-0.05, 0) is 31.2 Å². The highest BCUT2D eigenvalue weighted by Crippen LogP contribution is 2.16. The molecule has 0 radical (unpaired) electrons. The zero-order valence-corrected chi connectivity index (χ0v) is 13.9. The van der Waals surface area contributed by atoms with Crippen LogP contribution in [0.25, 0.3) is 10.2 Å². The summed E-state index contributed by atoms with van der Waals surface area (Å²) in [6, 6.07) is 11.0. The number of pyridine rings is 1. The molecule has 0 fully saturated rings. The summed E-state index contributed by atoms with van der Waals surface area (Å²) in [5.74, 6) is -0.282. The van der Waals surface area contributed by atoms with Gasteiger partial charge in [-0.15, -0.1) is 0 Å². The van der Waals surface area contributed by atoms with E-state index in [0.717, 1.165) is 15.9 Å². The first kappa shape index (κ1) is 16.1. The van der Waals surface area contributed by atoms with Crippen LogP contribution >= 0.6 is 11.3 Å². The Bertz CT molecular complexity index is 944. The average Bonchev–Trinajstić information content (AvgIpc) is 2.93. The number of carbonyl (C=O) groups excluding carboxylic acids is 1. The Morgan fingerprint density at radius 1 is 1.25 bits per heavy atom. The van der Waals surface area contributed by atoms with Gasteiger partial charge in [-0.3, -0.25) is 19.1 Å². The number of benzene rings is 1. The number of aryl methyl sites for hydroxylation is 1. The van der Waals surface area contributed by atoms with Crippen molar-refractivity contribution >= 4 is 33.2 Å². The normalized spacial score (nSPS) is 11.6.